The second-order valence-electron chi connectivity index (χ2n) is 6.58. The maximum absolute atomic E-state index is 12.4. The summed E-state index contributed by atoms with van der Waals surface area (Å²) in [6.45, 7) is 4.30. The number of pyridine rings is 1. The normalized spacial score (nSPS) is 15.6. The molecule has 1 aliphatic heterocycles. The number of fused-ring (bicyclic) bond motifs is 1. The largest absolute Gasteiger partial charge is 0.346 e. The second kappa shape index (κ2) is 6.88. The van der Waals surface area contributed by atoms with Crippen LogP contribution in [0, 0.1) is 6.92 Å². The number of likely N-dealkylation sites (tertiary alicyclic amines) is 1. The summed E-state index contributed by atoms with van der Waals surface area (Å²) in [5.41, 5.74) is 2.28. The van der Waals surface area contributed by atoms with E-state index in [1.165, 1.54) is 20.7 Å². The van der Waals surface area contributed by atoms with Crippen molar-refractivity contribution in [2.24, 2.45) is 0 Å². The Morgan fingerprint density at radius 3 is 2.96 bits per heavy atom. The van der Waals surface area contributed by atoms with Gasteiger partial charge in [0.05, 0.1) is 6.54 Å². The average Bonchev–Trinajstić information content (AvgIpc) is 3.26. The maximum atomic E-state index is 12.4. The molecular weight excluding hydrogens is 332 g/mol. The number of piperidine rings is 1. The van der Waals surface area contributed by atoms with Gasteiger partial charge >= 0.3 is 6.03 Å². The Hall–Kier alpha value is -2.34. The van der Waals surface area contributed by atoms with Crippen molar-refractivity contribution in [1.29, 1.82) is 0 Å². The fourth-order valence-electron chi connectivity index (χ4n) is 3.56. The quantitative estimate of drug-likeness (QED) is 0.746. The standard InChI is InChI=1S/C19H22N4OS/c1-13-4-5-15(25-13)11-22-19(24)23-9-6-14(7-10-23)17-12-21-18-16(17)3-2-8-20-18/h2-5,8,12,14H,6-7,9-11H2,1H3,(H,20,21)(H,22,24). The minimum Gasteiger partial charge on any atom is -0.346 e. The van der Waals surface area contributed by atoms with Gasteiger partial charge in [-0.15, -0.1) is 11.3 Å². The minimum atomic E-state index is 0.0464. The van der Waals surface area contributed by atoms with Crippen molar-refractivity contribution in [1.82, 2.24) is 20.2 Å². The third-order valence-corrected chi connectivity index (χ3v) is 5.92. The van der Waals surface area contributed by atoms with Crippen molar-refractivity contribution < 1.29 is 4.79 Å². The molecule has 3 aromatic rings. The van der Waals surface area contributed by atoms with Crippen molar-refractivity contribution in [3.05, 3.63) is 52.0 Å². The number of hydrogen-bond donors (Lipinski definition) is 2. The van der Waals surface area contributed by atoms with Gasteiger partial charge in [0.25, 0.3) is 0 Å². The number of nitrogens with zero attached hydrogens (tertiary/aromatic N) is 2. The van der Waals surface area contributed by atoms with E-state index >= 15 is 0 Å². The Bertz CT molecular complexity index is 876. The van der Waals surface area contributed by atoms with Gasteiger partial charge in [0, 0.05) is 40.6 Å². The molecule has 1 fully saturated rings. The molecule has 0 atom stereocenters. The van der Waals surface area contributed by atoms with Crippen molar-refractivity contribution in [3.8, 4) is 0 Å². The van der Waals surface area contributed by atoms with Crippen LogP contribution in [0.2, 0.25) is 0 Å². The lowest BCUT2D eigenvalue weighted by Gasteiger charge is -2.32. The lowest BCUT2D eigenvalue weighted by atomic mass is 9.89. The molecule has 4 rings (SSSR count). The van der Waals surface area contributed by atoms with Crippen LogP contribution in [-0.2, 0) is 6.54 Å². The van der Waals surface area contributed by atoms with Crippen LogP contribution >= 0.6 is 11.3 Å². The summed E-state index contributed by atoms with van der Waals surface area (Å²) < 4.78 is 0. The number of urea groups is 1. The third-order valence-electron chi connectivity index (χ3n) is 4.91. The molecule has 5 nitrogen and oxygen atoms in total. The predicted molar refractivity (Wildman–Crippen MR) is 101 cm³/mol. The second-order valence-corrected chi connectivity index (χ2v) is 7.95. The molecular formula is C19H22N4OS. The fourth-order valence-corrected chi connectivity index (χ4v) is 4.39. The van der Waals surface area contributed by atoms with E-state index < -0.39 is 0 Å². The highest BCUT2D eigenvalue weighted by molar-refractivity contribution is 7.11. The van der Waals surface area contributed by atoms with Gasteiger partial charge < -0.3 is 15.2 Å². The number of hydrogen-bond acceptors (Lipinski definition) is 3. The molecule has 2 N–H and O–H groups in total. The van der Waals surface area contributed by atoms with Gasteiger partial charge in [-0.2, -0.15) is 0 Å². The number of aromatic amines is 1. The van der Waals surface area contributed by atoms with Gasteiger partial charge in [-0.05, 0) is 55.5 Å². The van der Waals surface area contributed by atoms with Crippen LogP contribution in [0.1, 0.15) is 34.1 Å². The van der Waals surface area contributed by atoms with E-state index in [-0.39, 0.29) is 6.03 Å². The number of nitrogens with one attached hydrogen (secondary N) is 2. The molecule has 1 aliphatic rings. The van der Waals surface area contributed by atoms with Gasteiger partial charge in [-0.1, -0.05) is 0 Å². The van der Waals surface area contributed by atoms with Crippen molar-refractivity contribution in [2.75, 3.05) is 13.1 Å². The van der Waals surface area contributed by atoms with Crippen LogP contribution in [0.3, 0.4) is 0 Å². The number of carbonyl (C=O) groups is 1. The summed E-state index contributed by atoms with van der Waals surface area (Å²) in [6.07, 6.45) is 5.88. The predicted octanol–water partition coefficient (Wildman–Crippen LogP) is 4.02. The molecule has 6 heteroatoms. The Kier molecular flexibility index (Phi) is 4.44. The van der Waals surface area contributed by atoms with Crippen LogP contribution in [0.25, 0.3) is 11.0 Å². The Morgan fingerprint density at radius 1 is 1.36 bits per heavy atom. The minimum absolute atomic E-state index is 0.0464. The average molecular weight is 354 g/mol. The van der Waals surface area contributed by atoms with Crippen LogP contribution in [0.4, 0.5) is 4.79 Å². The van der Waals surface area contributed by atoms with Gasteiger partial charge in [-0.25, -0.2) is 9.78 Å². The maximum Gasteiger partial charge on any atom is 0.317 e. The number of aromatic nitrogens is 2. The topological polar surface area (TPSA) is 61.0 Å². The molecule has 1 saturated heterocycles. The summed E-state index contributed by atoms with van der Waals surface area (Å²) >= 11 is 1.73. The molecule has 0 radical (unpaired) electrons. The first-order valence-electron chi connectivity index (χ1n) is 8.71. The summed E-state index contributed by atoms with van der Waals surface area (Å²) in [5.74, 6) is 0.488. The van der Waals surface area contributed by atoms with Crippen molar-refractivity contribution in [2.45, 2.75) is 32.2 Å². The number of thiophene rings is 1. The summed E-state index contributed by atoms with van der Waals surface area (Å²) in [6, 6.07) is 8.32. The van der Waals surface area contributed by atoms with E-state index in [0.29, 0.717) is 12.5 Å². The number of carbonyl (C=O) groups excluding carboxylic acids is 1. The van der Waals surface area contributed by atoms with Gasteiger partial charge in [-0.3, -0.25) is 0 Å². The summed E-state index contributed by atoms with van der Waals surface area (Å²) in [4.78, 5) is 24.4. The van der Waals surface area contributed by atoms with Crippen molar-refractivity contribution >= 4 is 28.4 Å². The molecule has 0 bridgehead atoms. The van der Waals surface area contributed by atoms with Crippen LogP contribution in [0.5, 0.6) is 0 Å². The van der Waals surface area contributed by atoms with Crippen LogP contribution in [0.15, 0.2) is 36.7 Å². The lowest BCUT2D eigenvalue weighted by molar-refractivity contribution is 0.181. The van der Waals surface area contributed by atoms with E-state index in [4.69, 9.17) is 0 Å². The van der Waals surface area contributed by atoms with Gasteiger partial charge in [0.15, 0.2) is 0 Å². The van der Waals surface area contributed by atoms with E-state index in [9.17, 15) is 4.79 Å². The molecule has 130 valence electrons. The Balaban J connectivity index is 1.34. The monoisotopic (exact) mass is 354 g/mol. The van der Waals surface area contributed by atoms with Crippen molar-refractivity contribution in [3.63, 3.8) is 0 Å². The zero-order valence-electron chi connectivity index (χ0n) is 14.3. The first-order chi connectivity index (χ1) is 12.2. The third kappa shape index (κ3) is 3.39. The highest BCUT2D eigenvalue weighted by Gasteiger charge is 2.25. The number of aryl methyl sites for hydroxylation is 1. The molecule has 3 aromatic heterocycles. The molecule has 4 heterocycles. The van der Waals surface area contributed by atoms with Crippen LogP contribution < -0.4 is 5.32 Å². The molecule has 0 unspecified atom stereocenters. The molecule has 2 amide bonds. The Labute approximate surface area is 151 Å². The summed E-state index contributed by atoms with van der Waals surface area (Å²) in [5, 5.41) is 4.25. The highest BCUT2D eigenvalue weighted by atomic mass is 32.1. The van der Waals surface area contributed by atoms with Crippen LogP contribution in [-0.4, -0.2) is 34.0 Å². The fraction of sp³-hybridized carbons (Fsp3) is 0.368. The molecule has 0 aromatic carbocycles. The van der Waals surface area contributed by atoms with Gasteiger partial charge in [0.1, 0.15) is 5.65 Å². The smallest absolute Gasteiger partial charge is 0.317 e. The first-order valence-corrected chi connectivity index (χ1v) is 9.52. The molecule has 0 spiro atoms. The number of H-pyrrole nitrogens is 1. The van der Waals surface area contributed by atoms with E-state index in [0.717, 1.165) is 31.6 Å². The first kappa shape index (κ1) is 16.1. The zero-order chi connectivity index (χ0) is 17.2. The molecule has 25 heavy (non-hydrogen) atoms. The molecule has 0 aliphatic carbocycles. The van der Waals surface area contributed by atoms with Gasteiger partial charge in [0.2, 0.25) is 0 Å². The SMILES string of the molecule is Cc1ccc(CNC(=O)N2CCC(c3c[nH]c4ncccc34)CC2)s1. The number of amides is 2. The Morgan fingerprint density at radius 2 is 2.20 bits per heavy atom. The van der Waals surface area contributed by atoms with E-state index in [1.54, 1.807) is 11.3 Å². The molecule has 0 saturated carbocycles. The van der Waals surface area contributed by atoms with E-state index in [2.05, 4.69) is 46.6 Å². The zero-order valence-corrected chi connectivity index (χ0v) is 15.1. The summed E-state index contributed by atoms with van der Waals surface area (Å²) in [7, 11) is 0. The van der Waals surface area contributed by atoms with E-state index in [1.807, 2.05) is 17.2 Å². The number of rotatable bonds is 3. The lowest BCUT2D eigenvalue weighted by Crippen LogP contribution is -2.43. The highest BCUT2D eigenvalue weighted by Crippen LogP contribution is 2.32.